The van der Waals surface area contributed by atoms with Crippen LogP contribution in [0.4, 0.5) is 28.8 Å². The summed E-state index contributed by atoms with van der Waals surface area (Å²) in [5.74, 6) is 0.354. The van der Waals surface area contributed by atoms with Gasteiger partial charge in [-0.25, -0.2) is 4.98 Å². The molecule has 0 saturated carbocycles. The van der Waals surface area contributed by atoms with Crippen molar-refractivity contribution in [3.8, 4) is 11.4 Å². The minimum absolute atomic E-state index is 0.314. The minimum Gasteiger partial charge on any atom is -0.383 e. The standard InChI is InChI=1S/C25H24N8O2/c1-2-21(34)29-17-7-9-27-20(15-17)23-22-19(8-10-28-23)24(26)32-25(31-22)30-16-3-5-18(6-4-16)33-11-13-35-14-12-33/h2-10,15H,1,11-14H2,(H,27,29,34)(H3,26,30,31,32). The summed E-state index contributed by atoms with van der Waals surface area (Å²) in [5, 5.41) is 6.62. The van der Waals surface area contributed by atoms with Crippen LogP contribution in [0.1, 0.15) is 0 Å². The molecule has 1 fully saturated rings. The van der Waals surface area contributed by atoms with Gasteiger partial charge < -0.3 is 26.0 Å². The quantitative estimate of drug-likeness (QED) is 0.364. The highest BCUT2D eigenvalue weighted by atomic mass is 16.5. The SMILES string of the molecule is C=CC(=O)Nc1ccnc(-c2nccc3c(N)nc(Nc4ccc(N5CCOCC5)cc4)nc23)c1. The molecule has 0 bridgehead atoms. The molecular formula is C25H24N8O2. The summed E-state index contributed by atoms with van der Waals surface area (Å²) in [6, 6.07) is 13.2. The average molecular weight is 469 g/mol. The first-order chi connectivity index (χ1) is 17.1. The first-order valence-electron chi connectivity index (χ1n) is 11.1. The Labute approximate surface area is 201 Å². The van der Waals surface area contributed by atoms with Crippen LogP contribution in [-0.4, -0.2) is 52.1 Å². The van der Waals surface area contributed by atoms with E-state index in [2.05, 4.69) is 49.2 Å². The third-order valence-electron chi connectivity index (χ3n) is 5.60. The molecular weight excluding hydrogens is 444 g/mol. The molecule has 1 amide bonds. The van der Waals surface area contributed by atoms with Crippen molar-refractivity contribution in [2.75, 3.05) is 47.6 Å². The molecule has 10 heteroatoms. The second-order valence-electron chi connectivity index (χ2n) is 7.88. The van der Waals surface area contributed by atoms with Gasteiger partial charge in [0.25, 0.3) is 0 Å². The van der Waals surface area contributed by atoms with E-state index >= 15 is 0 Å². The van der Waals surface area contributed by atoms with Crippen molar-refractivity contribution >= 4 is 45.6 Å². The molecule has 0 radical (unpaired) electrons. The number of fused-ring (bicyclic) bond motifs is 1. The van der Waals surface area contributed by atoms with Gasteiger partial charge in [-0.3, -0.25) is 14.8 Å². The molecule has 0 aliphatic carbocycles. The van der Waals surface area contributed by atoms with Gasteiger partial charge in [0.05, 0.1) is 18.9 Å². The average Bonchev–Trinajstić information content (AvgIpc) is 2.89. The first kappa shape index (κ1) is 22.2. The molecule has 0 unspecified atom stereocenters. The van der Waals surface area contributed by atoms with Gasteiger partial charge in [-0.1, -0.05) is 6.58 Å². The van der Waals surface area contributed by atoms with Crippen LogP contribution in [0, 0.1) is 0 Å². The highest BCUT2D eigenvalue weighted by Crippen LogP contribution is 2.29. The molecule has 176 valence electrons. The Balaban J connectivity index is 1.45. The summed E-state index contributed by atoms with van der Waals surface area (Å²) in [6.45, 7) is 6.69. The lowest BCUT2D eigenvalue weighted by Gasteiger charge is -2.28. The topological polar surface area (TPSA) is 131 Å². The van der Waals surface area contributed by atoms with Crippen molar-refractivity contribution in [3.05, 3.63) is 67.5 Å². The summed E-state index contributed by atoms with van der Waals surface area (Å²) in [5.41, 5.74) is 10.4. The lowest BCUT2D eigenvalue weighted by Crippen LogP contribution is -2.36. The maximum absolute atomic E-state index is 11.7. The van der Waals surface area contributed by atoms with E-state index in [0.717, 1.165) is 37.7 Å². The van der Waals surface area contributed by atoms with Gasteiger partial charge in [0.1, 0.15) is 17.0 Å². The fourth-order valence-corrected chi connectivity index (χ4v) is 3.86. The predicted octanol–water partition coefficient (Wildman–Crippen LogP) is 3.37. The van der Waals surface area contributed by atoms with Crippen molar-refractivity contribution < 1.29 is 9.53 Å². The molecule has 4 aromatic rings. The highest BCUT2D eigenvalue weighted by Gasteiger charge is 2.15. The van der Waals surface area contributed by atoms with E-state index < -0.39 is 0 Å². The Morgan fingerprint density at radius 2 is 1.80 bits per heavy atom. The number of carbonyl (C=O) groups is 1. The summed E-state index contributed by atoms with van der Waals surface area (Å²) >= 11 is 0. The first-order valence-corrected chi connectivity index (χ1v) is 11.1. The summed E-state index contributed by atoms with van der Waals surface area (Å²) in [7, 11) is 0. The van der Waals surface area contributed by atoms with Crippen molar-refractivity contribution in [2.45, 2.75) is 0 Å². The molecule has 0 atom stereocenters. The number of amides is 1. The Bertz CT molecular complexity index is 1380. The molecule has 35 heavy (non-hydrogen) atoms. The zero-order valence-corrected chi connectivity index (χ0v) is 18.9. The molecule has 1 saturated heterocycles. The van der Waals surface area contributed by atoms with E-state index in [9.17, 15) is 4.79 Å². The molecule has 4 N–H and O–H groups in total. The second kappa shape index (κ2) is 9.74. The number of nitrogens with two attached hydrogens (primary N) is 1. The molecule has 10 nitrogen and oxygen atoms in total. The fourth-order valence-electron chi connectivity index (χ4n) is 3.86. The molecule has 1 aliphatic heterocycles. The summed E-state index contributed by atoms with van der Waals surface area (Å²) < 4.78 is 5.43. The molecule has 1 aliphatic rings. The van der Waals surface area contributed by atoms with E-state index in [1.165, 1.54) is 6.08 Å². The highest BCUT2D eigenvalue weighted by molar-refractivity contribution is 6.00. The second-order valence-corrected chi connectivity index (χ2v) is 7.88. The van der Waals surface area contributed by atoms with Crippen molar-refractivity contribution in [1.29, 1.82) is 0 Å². The number of nitrogens with one attached hydrogen (secondary N) is 2. The number of ether oxygens (including phenoxy) is 1. The number of benzene rings is 1. The fraction of sp³-hybridized carbons (Fsp3) is 0.160. The zero-order valence-electron chi connectivity index (χ0n) is 18.9. The van der Waals surface area contributed by atoms with Crippen LogP contribution in [0.5, 0.6) is 0 Å². The molecule has 0 spiro atoms. The predicted molar refractivity (Wildman–Crippen MR) is 137 cm³/mol. The van der Waals surface area contributed by atoms with Gasteiger partial charge in [-0.2, -0.15) is 4.98 Å². The Kier molecular flexibility index (Phi) is 6.18. The largest absolute Gasteiger partial charge is 0.383 e. The van der Waals surface area contributed by atoms with E-state index in [-0.39, 0.29) is 5.91 Å². The van der Waals surface area contributed by atoms with Crippen molar-refractivity contribution in [1.82, 2.24) is 19.9 Å². The number of nitrogens with zero attached hydrogens (tertiary/aromatic N) is 5. The summed E-state index contributed by atoms with van der Waals surface area (Å²) in [4.78, 5) is 32.0. The number of carbonyl (C=O) groups excluding carboxylic acids is 1. The Hall–Kier alpha value is -4.57. The van der Waals surface area contributed by atoms with E-state index in [1.807, 2.05) is 12.1 Å². The maximum Gasteiger partial charge on any atom is 0.247 e. The van der Waals surface area contributed by atoms with E-state index in [4.69, 9.17) is 15.5 Å². The van der Waals surface area contributed by atoms with E-state index in [0.29, 0.717) is 39.7 Å². The monoisotopic (exact) mass is 468 g/mol. The lowest BCUT2D eigenvalue weighted by molar-refractivity contribution is -0.111. The zero-order chi connectivity index (χ0) is 24.2. The van der Waals surface area contributed by atoms with Crippen LogP contribution in [0.25, 0.3) is 22.3 Å². The number of hydrogen-bond acceptors (Lipinski definition) is 9. The van der Waals surface area contributed by atoms with Crippen molar-refractivity contribution in [3.63, 3.8) is 0 Å². The third-order valence-corrected chi connectivity index (χ3v) is 5.60. The van der Waals surface area contributed by atoms with Crippen LogP contribution in [0.2, 0.25) is 0 Å². The number of pyridine rings is 2. The van der Waals surface area contributed by atoms with Crippen LogP contribution >= 0.6 is 0 Å². The number of rotatable bonds is 6. The normalized spacial score (nSPS) is 13.4. The van der Waals surface area contributed by atoms with Crippen LogP contribution < -0.4 is 21.3 Å². The maximum atomic E-state index is 11.7. The Morgan fingerprint density at radius 3 is 2.57 bits per heavy atom. The van der Waals surface area contributed by atoms with Crippen LogP contribution in [-0.2, 0) is 9.53 Å². The molecule has 5 rings (SSSR count). The summed E-state index contributed by atoms with van der Waals surface area (Å²) in [6.07, 6.45) is 4.43. The number of aromatic nitrogens is 4. The Morgan fingerprint density at radius 1 is 1.03 bits per heavy atom. The van der Waals surface area contributed by atoms with Crippen LogP contribution in [0.15, 0.2) is 67.5 Å². The third kappa shape index (κ3) is 4.87. The minimum atomic E-state index is -0.314. The number of anilines is 5. The molecule has 1 aromatic carbocycles. The number of hydrogen-bond donors (Lipinski definition) is 3. The van der Waals surface area contributed by atoms with Gasteiger partial charge in [-0.05, 0) is 48.5 Å². The van der Waals surface area contributed by atoms with Gasteiger partial charge in [0, 0.05) is 47.9 Å². The van der Waals surface area contributed by atoms with E-state index in [1.54, 1.807) is 30.6 Å². The van der Waals surface area contributed by atoms with Crippen molar-refractivity contribution in [2.24, 2.45) is 0 Å². The lowest BCUT2D eigenvalue weighted by atomic mass is 10.1. The molecule has 3 aromatic heterocycles. The van der Waals surface area contributed by atoms with Gasteiger partial charge in [-0.15, -0.1) is 0 Å². The molecule has 4 heterocycles. The number of morpholine rings is 1. The van der Waals surface area contributed by atoms with Gasteiger partial charge in [0.2, 0.25) is 11.9 Å². The smallest absolute Gasteiger partial charge is 0.247 e. The van der Waals surface area contributed by atoms with Crippen LogP contribution in [0.3, 0.4) is 0 Å². The number of nitrogen functional groups attached to an aromatic ring is 1. The van der Waals surface area contributed by atoms with Gasteiger partial charge in [0.15, 0.2) is 0 Å². The van der Waals surface area contributed by atoms with Gasteiger partial charge >= 0.3 is 0 Å².